The van der Waals surface area contributed by atoms with Crippen molar-refractivity contribution in [2.45, 2.75) is 0 Å². The summed E-state index contributed by atoms with van der Waals surface area (Å²) in [5.41, 5.74) is 8.64. The van der Waals surface area contributed by atoms with Crippen molar-refractivity contribution >= 4 is 72.4 Å². The summed E-state index contributed by atoms with van der Waals surface area (Å²) in [7, 11) is 0. The summed E-state index contributed by atoms with van der Waals surface area (Å²) < 4.78 is 8.68. The van der Waals surface area contributed by atoms with Gasteiger partial charge in [-0.2, -0.15) is 0 Å². The van der Waals surface area contributed by atoms with Crippen LogP contribution in [0, 0.1) is 0 Å². The first kappa shape index (κ1) is 23.9. The maximum Gasteiger partial charge on any atom is 0.151 e. The van der Waals surface area contributed by atoms with Crippen LogP contribution in [0.1, 0.15) is 5.76 Å². The number of rotatable bonds is 4. The molecule has 1 N–H and O–H groups in total. The SMILES string of the molecule is C1=Cc2oc3cc(N(c4ccccc4)c4cccc(-n5c6ccccc6c6cc7ccccc7cc65)c4)ccc3c2NC1. The highest BCUT2D eigenvalue weighted by atomic mass is 16.3. The van der Waals surface area contributed by atoms with Crippen LogP contribution in [0.3, 0.4) is 0 Å². The Balaban J connectivity index is 1.26. The van der Waals surface area contributed by atoms with Gasteiger partial charge in [-0.15, -0.1) is 0 Å². The number of benzene rings is 6. The van der Waals surface area contributed by atoms with Crippen LogP contribution in [0.2, 0.25) is 0 Å². The Morgan fingerprint density at radius 2 is 1.35 bits per heavy atom. The molecule has 0 atom stereocenters. The topological polar surface area (TPSA) is 33.3 Å². The predicted octanol–water partition coefficient (Wildman–Crippen LogP) is 10.6. The lowest BCUT2D eigenvalue weighted by molar-refractivity contribution is 0.604. The molecular weight excluding hydrogens is 526 g/mol. The summed E-state index contributed by atoms with van der Waals surface area (Å²) in [5, 5.41) is 9.56. The Hall–Kier alpha value is -5.74. The van der Waals surface area contributed by atoms with Gasteiger partial charge < -0.3 is 19.2 Å². The molecule has 1 aliphatic rings. The molecule has 8 aromatic rings. The molecule has 3 heterocycles. The molecule has 0 radical (unpaired) electrons. The molecule has 6 aromatic carbocycles. The quantitative estimate of drug-likeness (QED) is 0.235. The predicted molar refractivity (Wildman–Crippen MR) is 180 cm³/mol. The van der Waals surface area contributed by atoms with Crippen molar-refractivity contribution in [2.75, 3.05) is 16.8 Å². The van der Waals surface area contributed by atoms with Crippen LogP contribution in [0.25, 0.3) is 55.3 Å². The molecule has 204 valence electrons. The number of furan rings is 1. The highest BCUT2D eigenvalue weighted by Crippen LogP contribution is 2.41. The van der Waals surface area contributed by atoms with E-state index in [1.165, 1.54) is 32.6 Å². The van der Waals surface area contributed by atoms with E-state index in [4.69, 9.17) is 4.42 Å². The second kappa shape index (κ2) is 9.40. The number of hydrogen-bond donors (Lipinski definition) is 1. The van der Waals surface area contributed by atoms with Crippen molar-refractivity contribution in [2.24, 2.45) is 0 Å². The monoisotopic (exact) mass is 553 g/mol. The van der Waals surface area contributed by atoms with Crippen LogP contribution >= 0.6 is 0 Å². The molecule has 0 aliphatic carbocycles. The van der Waals surface area contributed by atoms with E-state index in [2.05, 4.69) is 160 Å². The van der Waals surface area contributed by atoms with Crippen molar-refractivity contribution in [1.29, 1.82) is 0 Å². The minimum absolute atomic E-state index is 0.810. The Bertz CT molecular complexity index is 2360. The van der Waals surface area contributed by atoms with Gasteiger partial charge in [0.2, 0.25) is 0 Å². The average molecular weight is 554 g/mol. The second-order valence-corrected chi connectivity index (χ2v) is 11.1. The Morgan fingerprint density at radius 1 is 0.581 bits per heavy atom. The lowest BCUT2D eigenvalue weighted by Crippen LogP contribution is -2.10. The molecule has 4 heteroatoms. The summed E-state index contributed by atoms with van der Waals surface area (Å²) in [6.45, 7) is 0.810. The van der Waals surface area contributed by atoms with E-state index in [-0.39, 0.29) is 0 Å². The first-order valence-corrected chi connectivity index (χ1v) is 14.7. The molecule has 4 nitrogen and oxygen atoms in total. The van der Waals surface area contributed by atoms with E-state index in [1.54, 1.807) is 0 Å². The highest BCUT2D eigenvalue weighted by Gasteiger charge is 2.19. The van der Waals surface area contributed by atoms with E-state index in [0.717, 1.165) is 51.7 Å². The van der Waals surface area contributed by atoms with Gasteiger partial charge >= 0.3 is 0 Å². The fraction of sp³-hybridized carbons (Fsp3) is 0.0256. The maximum absolute atomic E-state index is 6.29. The fourth-order valence-electron chi connectivity index (χ4n) is 6.60. The lowest BCUT2D eigenvalue weighted by atomic mass is 10.1. The molecule has 0 spiro atoms. The van der Waals surface area contributed by atoms with Gasteiger partial charge in [-0.1, -0.05) is 72.8 Å². The zero-order chi connectivity index (χ0) is 28.3. The largest absolute Gasteiger partial charge is 0.454 e. The molecular formula is C39H27N3O. The number of aromatic nitrogens is 1. The van der Waals surface area contributed by atoms with Gasteiger partial charge in [0.25, 0.3) is 0 Å². The Kier molecular flexibility index (Phi) is 5.23. The number of anilines is 4. The maximum atomic E-state index is 6.29. The summed E-state index contributed by atoms with van der Waals surface area (Å²) in [6.07, 6.45) is 4.14. The Morgan fingerprint density at radius 3 is 2.26 bits per heavy atom. The van der Waals surface area contributed by atoms with E-state index in [9.17, 15) is 0 Å². The molecule has 2 aromatic heterocycles. The smallest absolute Gasteiger partial charge is 0.151 e. The minimum atomic E-state index is 0.810. The molecule has 0 saturated heterocycles. The van der Waals surface area contributed by atoms with Crippen molar-refractivity contribution in [3.05, 3.63) is 145 Å². The van der Waals surface area contributed by atoms with Crippen LogP contribution in [0.4, 0.5) is 22.7 Å². The average Bonchev–Trinajstić information content (AvgIpc) is 3.59. The van der Waals surface area contributed by atoms with Gasteiger partial charge in [-0.25, -0.2) is 0 Å². The summed E-state index contributed by atoms with van der Waals surface area (Å²) >= 11 is 0. The zero-order valence-electron chi connectivity index (χ0n) is 23.4. The third-order valence-corrected chi connectivity index (χ3v) is 8.53. The van der Waals surface area contributed by atoms with Gasteiger partial charge in [-0.3, -0.25) is 0 Å². The van der Waals surface area contributed by atoms with Crippen LogP contribution < -0.4 is 10.2 Å². The first-order chi connectivity index (χ1) is 21.3. The molecule has 0 bridgehead atoms. The van der Waals surface area contributed by atoms with Crippen LogP contribution in [0.15, 0.2) is 144 Å². The minimum Gasteiger partial charge on any atom is -0.454 e. The number of hydrogen-bond acceptors (Lipinski definition) is 3. The summed E-state index contributed by atoms with van der Waals surface area (Å²) in [4.78, 5) is 2.30. The molecule has 1 aliphatic heterocycles. The van der Waals surface area contributed by atoms with E-state index in [1.807, 2.05) is 0 Å². The molecule has 0 amide bonds. The number of fused-ring (bicyclic) bond motifs is 7. The van der Waals surface area contributed by atoms with Crippen molar-refractivity contribution in [3.63, 3.8) is 0 Å². The zero-order valence-corrected chi connectivity index (χ0v) is 23.4. The first-order valence-electron chi connectivity index (χ1n) is 14.7. The molecule has 0 fully saturated rings. The second-order valence-electron chi connectivity index (χ2n) is 11.1. The van der Waals surface area contributed by atoms with Gasteiger partial charge in [0.15, 0.2) is 5.76 Å². The normalized spacial score (nSPS) is 12.7. The third kappa shape index (κ3) is 3.77. The van der Waals surface area contributed by atoms with E-state index in [0.29, 0.717) is 0 Å². The Labute approximate surface area is 248 Å². The highest BCUT2D eigenvalue weighted by molar-refractivity contribution is 6.13. The molecule has 9 rings (SSSR count). The standard InChI is InChI=1S/C39H27N3O/c1-2-12-28(13-3-1)41(31-19-20-33-38(25-31)43-37-18-9-21-40-39(33)37)29-14-8-15-30(24-29)42-35-17-7-6-16-32(35)34-22-26-10-4-5-11-27(26)23-36(34)42/h1-20,22-25,40H,21H2. The van der Waals surface area contributed by atoms with Crippen molar-refractivity contribution < 1.29 is 4.42 Å². The number of nitrogens with one attached hydrogen (secondary N) is 1. The van der Waals surface area contributed by atoms with E-state index < -0.39 is 0 Å². The van der Waals surface area contributed by atoms with Crippen LogP contribution in [0.5, 0.6) is 0 Å². The molecule has 0 unspecified atom stereocenters. The van der Waals surface area contributed by atoms with Crippen molar-refractivity contribution in [3.8, 4) is 5.69 Å². The van der Waals surface area contributed by atoms with Gasteiger partial charge in [0.1, 0.15) is 5.58 Å². The van der Waals surface area contributed by atoms with E-state index >= 15 is 0 Å². The van der Waals surface area contributed by atoms with Gasteiger partial charge in [0, 0.05) is 51.5 Å². The van der Waals surface area contributed by atoms with Crippen LogP contribution in [-0.4, -0.2) is 11.1 Å². The van der Waals surface area contributed by atoms with Crippen LogP contribution in [-0.2, 0) is 0 Å². The number of nitrogens with zero attached hydrogens (tertiary/aromatic N) is 2. The lowest BCUT2D eigenvalue weighted by Gasteiger charge is -2.26. The number of para-hydroxylation sites is 2. The molecule has 43 heavy (non-hydrogen) atoms. The van der Waals surface area contributed by atoms with Gasteiger partial charge in [-0.05, 0) is 77.5 Å². The van der Waals surface area contributed by atoms with Gasteiger partial charge in [0.05, 0.1) is 16.7 Å². The fourth-order valence-corrected chi connectivity index (χ4v) is 6.60. The molecule has 0 saturated carbocycles. The van der Waals surface area contributed by atoms with Crippen molar-refractivity contribution in [1.82, 2.24) is 4.57 Å². The summed E-state index contributed by atoms with van der Waals surface area (Å²) in [6, 6.07) is 47.8. The summed E-state index contributed by atoms with van der Waals surface area (Å²) in [5.74, 6) is 0.880. The third-order valence-electron chi connectivity index (χ3n) is 8.53.